The molecule has 0 aromatic heterocycles. The third-order valence-electron chi connectivity index (χ3n) is 5.95. The van der Waals surface area contributed by atoms with Crippen molar-refractivity contribution in [1.29, 1.82) is 0 Å². The summed E-state index contributed by atoms with van der Waals surface area (Å²) >= 11 is 5.96. The molecule has 2 heterocycles. The molecule has 4 nitrogen and oxygen atoms in total. The van der Waals surface area contributed by atoms with Gasteiger partial charge >= 0.3 is 0 Å². The number of likely N-dealkylation sites (tertiary alicyclic amines) is 2. The van der Waals surface area contributed by atoms with Gasteiger partial charge in [-0.15, -0.1) is 0 Å². The van der Waals surface area contributed by atoms with Crippen molar-refractivity contribution >= 4 is 17.5 Å². The van der Waals surface area contributed by atoms with E-state index < -0.39 is 0 Å². The number of hydrogen-bond donors (Lipinski definition) is 0. The highest BCUT2D eigenvalue weighted by Crippen LogP contribution is 2.22. The van der Waals surface area contributed by atoms with Gasteiger partial charge in [0.2, 0.25) is 5.91 Å². The molecule has 144 valence electrons. The summed E-state index contributed by atoms with van der Waals surface area (Å²) in [4.78, 5) is 19.5. The fraction of sp³-hybridized carbons (Fsp3) is 0.667. The minimum absolute atomic E-state index is 0.285. The van der Waals surface area contributed by atoms with E-state index in [9.17, 15) is 4.79 Å². The van der Waals surface area contributed by atoms with Crippen molar-refractivity contribution in [2.75, 3.05) is 40.3 Å². The first kappa shape index (κ1) is 19.7. The molecule has 0 saturated carbocycles. The second kappa shape index (κ2) is 9.20. The van der Waals surface area contributed by atoms with E-state index >= 15 is 0 Å². The molecule has 0 spiro atoms. The van der Waals surface area contributed by atoms with Crippen LogP contribution in [-0.2, 0) is 11.3 Å². The largest absolute Gasteiger partial charge is 0.338 e. The van der Waals surface area contributed by atoms with Crippen LogP contribution in [0.15, 0.2) is 24.3 Å². The lowest BCUT2D eigenvalue weighted by atomic mass is 9.96. The number of hydrogen-bond acceptors (Lipinski definition) is 3. The number of carbonyl (C=O) groups is 1. The Morgan fingerprint density at radius 2 is 1.92 bits per heavy atom. The lowest BCUT2D eigenvalue weighted by Crippen LogP contribution is -2.41. The Kier molecular flexibility index (Phi) is 6.96. The van der Waals surface area contributed by atoms with Crippen LogP contribution in [-0.4, -0.2) is 66.9 Å². The van der Waals surface area contributed by atoms with Gasteiger partial charge in [-0.1, -0.05) is 23.7 Å². The molecule has 3 rings (SSSR count). The highest BCUT2D eigenvalue weighted by molar-refractivity contribution is 6.30. The molecule has 26 heavy (non-hydrogen) atoms. The number of nitrogens with zero attached hydrogens (tertiary/aromatic N) is 3. The van der Waals surface area contributed by atoms with E-state index in [2.05, 4.69) is 23.9 Å². The number of rotatable bonds is 5. The van der Waals surface area contributed by atoms with Crippen molar-refractivity contribution in [3.8, 4) is 0 Å². The van der Waals surface area contributed by atoms with Crippen molar-refractivity contribution in [3.63, 3.8) is 0 Å². The third kappa shape index (κ3) is 5.45. The van der Waals surface area contributed by atoms with E-state index in [4.69, 9.17) is 11.6 Å². The van der Waals surface area contributed by atoms with Crippen LogP contribution < -0.4 is 0 Å². The number of amides is 1. The van der Waals surface area contributed by atoms with Gasteiger partial charge in [0, 0.05) is 43.7 Å². The monoisotopic (exact) mass is 377 g/mol. The van der Waals surface area contributed by atoms with Gasteiger partial charge in [0.05, 0.1) is 0 Å². The Morgan fingerprint density at radius 3 is 2.65 bits per heavy atom. The van der Waals surface area contributed by atoms with Crippen LogP contribution in [0.5, 0.6) is 0 Å². The molecule has 2 unspecified atom stereocenters. The maximum atomic E-state index is 12.6. The molecule has 5 heteroatoms. The van der Waals surface area contributed by atoms with Gasteiger partial charge in [0.25, 0.3) is 0 Å². The summed E-state index contributed by atoms with van der Waals surface area (Å²) in [5, 5.41) is 0.742. The van der Waals surface area contributed by atoms with Crippen LogP contribution in [0.3, 0.4) is 0 Å². The van der Waals surface area contributed by atoms with E-state index in [1.807, 2.05) is 29.2 Å². The highest BCUT2D eigenvalue weighted by atomic mass is 35.5. The van der Waals surface area contributed by atoms with Gasteiger partial charge in [-0.2, -0.15) is 0 Å². The van der Waals surface area contributed by atoms with E-state index in [1.165, 1.54) is 25.9 Å². The van der Waals surface area contributed by atoms with Gasteiger partial charge in [0.15, 0.2) is 0 Å². The van der Waals surface area contributed by atoms with Crippen LogP contribution in [0, 0.1) is 5.92 Å². The second-order valence-electron chi connectivity index (χ2n) is 8.13. The van der Waals surface area contributed by atoms with Crippen molar-refractivity contribution in [2.45, 2.75) is 44.7 Å². The van der Waals surface area contributed by atoms with Crippen molar-refractivity contribution in [3.05, 3.63) is 34.9 Å². The molecule has 2 aliphatic rings. The molecule has 0 radical (unpaired) electrons. The van der Waals surface area contributed by atoms with Crippen molar-refractivity contribution in [2.24, 2.45) is 5.92 Å². The number of carbonyl (C=O) groups excluding carboxylic acids is 1. The Balaban J connectivity index is 1.52. The van der Waals surface area contributed by atoms with Crippen LogP contribution in [0.25, 0.3) is 0 Å². The molecule has 0 bridgehead atoms. The zero-order chi connectivity index (χ0) is 18.5. The Hall–Kier alpha value is -1.10. The first-order chi connectivity index (χ1) is 12.5. The molecular formula is C21H32ClN3O. The average molecular weight is 378 g/mol. The fourth-order valence-corrected chi connectivity index (χ4v) is 4.54. The lowest BCUT2D eigenvalue weighted by molar-refractivity contribution is -0.131. The van der Waals surface area contributed by atoms with Crippen LogP contribution in [0.1, 0.15) is 37.7 Å². The number of piperidine rings is 1. The van der Waals surface area contributed by atoms with Gasteiger partial charge in [-0.25, -0.2) is 0 Å². The third-order valence-corrected chi connectivity index (χ3v) is 6.21. The quantitative estimate of drug-likeness (QED) is 0.785. The molecule has 2 saturated heterocycles. The SMILES string of the molecule is CN1CCCC(CN(C)C2CCC(=O)N(Cc3ccc(Cl)cc3)CC2)C1. The molecule has 1 aromatic carbocycles. The number of benzene rings is 1. The standard InChI is InChI=1S/C21H32ClN3O/c1-23-12-3-4-18(14-23)15-24(2)20-9-10-21(26)25(13-11-20)16-17-5-7-19(22)8-6-17/h5-8,18,20H,3-4,9-16H2,1-2H3. The average Bonchev–Trinajstić information content (AvgIpc) is 2.79. The zero-order valence-corrected chi connectivity index (χ0v) is 16.9. The van der Waals surface area contributed by atoms with Gasteiger partial charge in [0.1, 0.15) is 0 Å². The van der Waals surface area contributed by atoms with E-state index in [1.54, 1.807) is 0 Å². The predicted octanol–water partition coefficient (Wildman–Crippen LogP) is 3.49. The fourth-order valence-electron chi connectivity index (χ4n) is 4.42. The zero-order valence-electron chi connectivity index (χ0n) is 16.2. The minimum atomic E-state index is 0.285. The summed E-state index contributed by atoms with van der Waals surface area (Å²) in [6.07, 6.45) is 5.36. The summed E-state index contributed by atoms with van der Waals surface area (Å²) in [6, 6.07) is 8.35. The molecular weight excluding hydrogens is 346 g/mol. The summed E-state index contributed by atoms with van der Waals surface area (Å²) in [6.45, 7) is 5.14. The Labute approximate surface area is 163 Å². The van der Waals surface area contributed by atoms with Crippen LogP contribution >= 0.6 is 11.6 Å². The summed E-state index contributed by atoms with van der Waals surface area (Å²) < 4.78 is 0. The topological polar surface area (TPSA) is 26.8 Å². The van der Waals surface area contributed by atoms with E-state index in [-0.39, 0.29) is 5.91 Å². The molecule has 1 aromatic rings. The summed E-state index contributed by atoms with van der Waals surface area (Å²) in [5.41, 5.74) is 1.15. The maximum Gasteiger partial charge on any atom is 0.222 e. The normalized spacial score (nSPS) is 25.5. The summed E-state index contributed by atoms with van der Waals surface area (Å²) in [5.74, 6) is 1.05. The smallest absolute Gasteiger partial charge is 0.222 e. The van der Waals surface area contributed by atoms with Crippen molar-refractivity contribution in [1.82, 2.24) is 14.7 Å². The molecule has 0 N–H and O–H groups in total. The highest BCUT2D eigenvalue weighted by Gasteiger charge is 2.27. The first-order valence-electron chi connectivity index (χ1n) is 9.92. The molecule has 1 amide bonds. The second-order valence-corrected chi connectivity index (χ2v) is 8.57. The Bertz CT molecular complexity index is 591. The predicted molar refractivity (Wildman–Crippen MR) is 107 cm³/mol. The van der Waals surface area contributed by atoms with Gasteiger partial charge in [-0.05, 0) is 69.9 Å². The molecule has 2 fully saturated rings. The maximum absolute atomic E-state index is 12.6. The minimum Gasteiger partial charge on any atom is -0.338 e. The van der Waals surface area contributed by atoms with Crippen LogP contribution in [0.2, 0.25) is 5.02 Å². The van der Waals surface area contributed by atoms with E-state index in [0.717, 1.165) is 42.4 Å². The first-order valence-corrected chi connectivity index (χ1v) is 10.3. The molecule has 0 aliphatic carbocycles. The van der Waals surface area contributed by atoms with Gasteiger partial charge < -0.3 is 14.7 Å². The summed E-state index contributed by atoms with van der Waals surface area (Å²) in [7, 11) is 4.48. The number of halogens is 1. The lowest BCUT2D eigenvalue weighted by Gasteiger charge is -2.35. The molecule has 2 aliphatic heterocycles. The van der Waals surface area contributed by atoms with Crippen molar-refractivity contribution < 1.29 is 4.79 Å². The van der Waals surface area contributed by atoms with Gasteiger partial charge in [-0.3, -0.25) is 4.79 Å². The Morgan fingerprint density at radius 1 is 1.15 bits per heavy atom. The van der Waals surface area contributed by atoms with Crippen LogP contribution in [0.4, 0.5) is 0 Å². The van der Waals surface area contributed by atoms with E-state index in [0.29, 0.717) is 19.0 Å². The molecule has 2 atom stereocenters.